The van der Waals surface area contributed by atoms with Crippen molar-refractivity contribution < 1.29 is 0 Å². The molecule has 0 radical (unpaired) electrons. The molecule has 1 aromatic heterocycles. The molecule has 0 saturated heterocycles. The predicted molar refractivity (Wildman–Crippen MR) is 110 cm³/mol. The van der Waals surface area contributed by atoms with Gasteiger partial charge in [0.05, 0.1) is 5.69 Å². The highest BCUT2D eigenvalue weighted by Crippen LogP contribution is 2.31. The molecule has 0 bridgehead atoms. The molecule has 1 heterocycles. The fourth-order valence-electron chi connectivity index (χ4n) is 2.79. The summed E-state index contributed by atoms with van der Waals surface area (Å²) in [6.45, 7) is 8.48. The number of benzene rings is 2. The number of hydrogen-bond acceptors (Lipinski definition) is 4. The molecule has 0 fully saturated rings. The molecular formula is C21H23N3S. The van der Waals surface area contributed by atoms with Crippen molar-refractivity contribution in [1.82, 2.24) is 4.98 Å². The van der Waals surface area contributed by atoms with Crippen LogP contribution in [0.3, 0.4) is 0 Å². The first kappa shape index (κ1) is 17.4. The predicted octanol–water partition coefficient (Wildman–Crippen LogP) is 5.72. The maximum atomic E-state index is 4.68. The minimum Gasteiger partial charge on any atom is -0.372 e. The van der Waals surface area contributed by atoms with Crippen LogP contribution in [0.25, 0.3) is 11.3 Å². The molecule has 3 nitrogen and oxygen atoms in total. The van der Waals surface area contributed by atoms with Crippen LogP contribution in [0.15, 0.2) is 59.6 Å². The van der Waals surface area contributed by atoms with Crippen molar-refractivity contribution in [1.29, 1.82) is 0 Å². The number of aromatic nitrogens is 1. The lowest BCUT2D eigenvalue weighted by Gasteiger charge is -2.20. The van der Waals surface area contributed by atoms with Crippen LogP contribution in [0.5, 0.6) is 0 Å². The van der Waals surface area contributed by atoms with Gasteiger partial charge in [-0.25, -0.2) is 9.98 Å². The number of anilines is 1. The van der Waals surface area contributed by atoms with E-state index in [1.54, 1.807) is 11.3 Å². The summed E-state index contributed by atoms with van der Waals surface area (Å²) in [5.74, 6) is 0. The zero-order valence-electron chi connectivity index (χ0n) is 14.9. The molecule has 0 spiro atoms. The monoisotopic (exact) mass is 349 g/mol. The summed E-state index contributed by atoms with van der Waals surface area (Å²) in [5, 5.41) is 0.796. The first-order chi connectivity index (χ1) is 12.2. The fraction of sp³-hybridized carbons (Fsp3) is 0.238. The molecule has 25 heavy (non-hydrogen) atoms. The van der Waals surface area contributed by atoms with Gasteiger partial charge in [-0.3, -0.25) is 0 Å². The Hall–Kier alpha value is -2.46. The van der Waals surface area contributed by atoms with Crippen LogP contribution in [0.4, 0.5) is 10.8 Å². The van der Waals surface area contributed by atoms with E-state index in [1.165, 1.54) is 10.6 Å². The van der Waals surface area contributed by atoms with Crippen molar-refractivity contribution in [2.24, 2.45) is 4.99 Å². The lowest BCUT2D eigenvalue weighted by atomic mass is 10.1. The second kappa shape index (κ2) is 8.08. The Morgan fingerprint density at radius 2 is 1.68 bits per heavy atom. The molecule has 0 N–H and O–H groups in total. The molecule has 4 heteroatoms. The average Bonchev–Trinajstić information content (AvgIpc) is 3.03. The van der Waals surface area contributed by atoms with Crippen molar-refractivity contribution in [3.63, 3.8) is 0 Å². The third-order valence-corrected chi connectivity index (χ3v) is 5.06. The normalized spacial score (nSPS) is 11.2. The quantitative estimate of drug-likeness (QED) is 0.533. The van der Waals surface area contributed by atoms with Gasteiger partial charge in [-0.15, -0.1) is 0 Å². The third-order valence-electron chi connectivity index (χ3n) is 4.18. The molecule has 0 aliphatic carbocycles. The smallest absolute Gasteiger partial charge is 0.209 e. The minimum atomic E-state index is 0.796. The average molecular weight is 350 g/mol. The second-order valence-corrected chi connectivity index (χ2v) is 6.97. The highest BCUT2D eigenvalue weighted by molar-refractivity contribution is 7.15. The molecule has 2 aromatic carbocycles. The standard InChI is InChI=1S/C21H23N3S/c1-4-24(5-2)19-13-11-17(12-14-19)15-22-21-23-20(16(3)25-21)18-9-7-6-8-10-18/h6-15H,4-5H2,1-3H3. The maximum absolute atomic E-state index is 4.68. The number of nitrogens with zero attached hydrogens (tertiary/aromatic N) is 3. The van der Waals surface area contributed by atoms with Gasteiger partial charge in [-0.05, 0) is 38.5 Å². The summed E-state index contributed by atoms with van der Waals surface area (Å²) >= 11 is 1.63. The van der Waals surface area contributed by atoms with E-state index in [9.17, 15) is 0 Å². The van der Waals surface area contributed by atoms with Crippen molar-refractivity contribution in [3.8, 4) is 11.3 Å². The van der Waals surface area contributed by atoms with Gasteiger partial charge < -0.3 is 4.90 Å². The molecule has 0 amide bonds. The number of thiazole rings is 1. The van der Waals surface area contributed by atoms with Crippen molar-refractivity contribution in [2.45, 2.75) is 20.8 Å². The SMILES string of the molecule is CCN(CC)c1ccc(C=Nc2nc(-c3ccccc3)c(C)s2)cc1. The summed E-state index contributed by atoms with van der Waals surface area (Å²) in [6.07, 6.45) is 1.89. The third kappa shape index (κ3) is 4.15. The lowest BCUT2D eigenvalue weighted by molar-refractivity contribution is 0.866. The van der Waals surface area contributed by atoms with Gasteiger partial charge >= 0.3 is 0 Å². The van der Waals surface area contributed by atoms with Gasteiger partial charge in [0.15, 0.2) is 0 Å². The summed E-state index contributed by atoms with van der Waals surface area (Å²) in [6, 6.07) is 18.8. The Balaban J connectivity index is 1.76. The number of rotatable bonds is 6. The largest absolute Gasteiger partial charge is 0.372 e. The number of hydrogen-bond donors (Lipinski definition) is 0. The molecule has 0 aliphatic rings. The zero-order chi connectivity index (χ0) is 17.6. The highest BCUT2D eigenvalue weighted by Gasteiger charge is 2.08. The van der Waals surface area contributed by atoms with E-state index in [4.69, 9.17) is 0 Å². The topological polar surface area (TPSA) is 28.5 Å². The molecule has 3 aromatic rings. The van der Waals surface area contributed by atoms with Gasteiger partial charge in [-0.1, -0.05) is 53.8 Å². The van der Waals surface area contributed by atoms with Gasteiger partial charge in [0.2, 0.25) is 5.13 Å². The van der Waals surface area contributed by atoms with Crippen molar-refractivity contribution >= 4 is 28.4 Å². The van der Waals surface area contributed by atoms with E-state index in [-0.39, 0.29) is 0 Å². The Morgan fingerprint density at radius 3 is 2.32 bits per heavy atom. The van der Waals surface area contributed by atoms with Gasteiger partial charge in [0.1, 0.15) is 0 Å². The maximum Gasteiger partial charge on any atom is 0.209 e. The van der Waals surface area contributed by atoms with Crippen LogP contribution >= 0.6 is 11.3 Å². The first-order valence-electron chi connectivity index (χ1n) is 8.63. The molecular weight excluding hydrogens is 326 g/mol. The molecule has 128 valence electrons. The zero-order valence-corrected chi connectivity index (χ0v) is 15.8. The van der Waals surface area contributed by atoms with E-state index in [0.717, 1.165) is 35.0 Å². The van der Waals surface area contributed by atoms with E-state index < -0.39 is 0 Å². The van der Waals surface area contributed by atoms with Crippen LogP contribution in [0, 0.1) is 6.92 Å². The Bertz CT molecular complexity index is 831. The summed E-state index contributed by atoms with van der Waals surface area (Å²) in [7, 11) is 0. The number of aryl methyl sites for hydroxylation is 1. The van der Waals surface area contributed by atoms with E-state index in [0.29, 0.717) is 0 Å². The van der Waals surface area contributed by atoms with E-state index in [1.807, 2.05) is 24.4 Å². The van der Waals surface area contributed by atoms with Crippen molar-refractivity contribution in [2.75, 3.05) is 18.0 Å². The molecule has 0 atom stereocenters. The van der Waals surface area contributed by atoms with Crippen LogP contribution in [-0.4, -0.2) is 24.3 Å². The van der Waals surface area contributed by atoms with Crippen molar-refractivity contribution in [3.05, 3.63) is 65.0 Å². The Labute approximate surface area is 153 Å². The van der Waals surface area contributed by atoms with Gasteiger partial charge in [-0.2, -0.15) is 0 Å². The minimum absolute atomic E-state index is 0.796. The van der Waals surface area contributed by atoms with Gasteiger partial charge in [0, 0.05) is 35.4 Å². The second-order valence-electron chi connectivity index (χ2n) is 5.79. The first-order valence-corrected chi connectivity index (χ1v) is 9.44. The summed E-state index contributed by atoms with van der Waals surface area (Å²) in [4.78, 5) is 12.8. The lowest BCUT2D eigenvalue weighted by Crippen LogP contribution is -2.21. The highest BCUT2D eigenvalue weighted by atomic mass is 32.1. The molecule has 0 unspecified atom stereocenters. The Kier molecular flexibility index (Phi) is 5.61. The van der Waals surface area contributed by atoms with E-state index >= 15 is 0 Å². The summed E-state index contributed by atoms with van der Waals surface area (Å²) in [5.41, 5.74) is 4.50. The molecule has 0 saturated carbocycles. The molecule has 3 rings (SSSR count). The van der Waals surface area contributed by atoms with Gasteiger partial charge in [0.25, 0.3) is 0 Å². The summed E-state index contributed by atoms with van der Waals surface area (Å²) < 4.78 is 0. The van der Waals surface area contributed by atoms with Crippen LogP contribution in [0.2, 0.25) is 0 Å². The molecule has 0 aliphatic heterocycles. The van der Waals surface area contributed by atoms with Crippen LogP contribution in [-0.2, 0) is 0 Å². The van der Waals surface area contributed by atoms with E-state index in [2.05, 4.69) is 72.0 Å². The van der Waals surface area contributed by atoms with Crippen LogP contribution in [0.1, 0.15) is 24.3 Å². The number of aliphatic imine (C=N–C) groups is 1. The fourth-order valence-corrected chi connectivity index (χ4v) is 3.57. The Morgan fingerprint density at radius 1 is 1.00 bits per heavy atom. The van der Waals surface area contributed by atoms with Crippen LogP contribution < -0.4 is 4.90 Å².